The summed E-state index contributed by atoms with van der Waals surface area (Å²) in [6.07, 6.45) is -0.0899. The second-order valence-electron chi connectivity index (χ2n) is 6.15. The fraction of sp³-hybridized carbons (Fsp3) is 0.273. The third kappa shape index (κ3) is 3.33. The van der Waals surface area contributed by atoms with Gasteiger partial charge in [0.1, 0.15) is 5.75 Å². The maximum atomic E-state index is 12.0. The lowest BCUT2D eigenvalue weighted by atomic mass is 9.91. The molecule has 0 fully saturated rings. The van der Waals surface area contributed by atoms with Gasteiger partial charge in [-0.05, 0) is 24.0 Å². The number of methoxy groups -OCH3 is 2. The van der Waals surface area contributed by atoms with Crippen LogP contribution in [0.15, 0.2) is 36.4 Å². The van der Waals surface area contributed by atoms with Gasteiger partial charge in [-0.1, -0.05) is 50.2 Å². The number of carbonyl (C=O) groups excluding carboxylic acids is 2. The molecule has 0 aliphatic rings. The Bertz CT molecular complexity index is 1050. The molecule has 0 amide bonds. The number of carbonyl (C=O) groups is 2. The third-order valence-corrected chi connectivity index (χ3v) is 4.74. The molecule has 0 saturated heterocycles. The molecule has 6 nitrogen and oxygen atoms in total. The highest BCUT2D eigenvalue weighted by molar-refractivity contribution is 6.13. The highest BCUT2D eigenvalue weighted by Gasteiger charge is 2.23. The van der Waals surface area contributed by atoms with E-state index < -0.39 is 12.3 Å². The van der Waals surface area contributed by atoms with E-state index in [9.17, 15) is 9.59 Å². The zero-order valence-corrected chi connectivity index (χ0v) is 16.3. The Balaban J connectivity index is 2.50. The number of hydrogen-bond donors (Lipinski definition) is 0. The van der Waals surface area contributed by atoms with Gasteiger partial charge >= 0.3 is 12.3 Å². The van der Waals surface area contributed by atoms with Crippen molar-refractivity contribution in [1.82, 2.24) is 0 Å². The zero-order valence-electron chi connectivity index (χ0n) is 16.3. The van der Waals surface area contributed by atoms with E-state index in [1.807, 2.05) is 37.3 Å². The molecule has 0 saturated carbocycles. The molecule has 3 aromatic rings. The van der Waals surface area contributed by atoms with Gasteiger partial charge in [0.05, 0.1) is 14.2 Å². The van der Waals surface area contributed by atoms with E-state index in [1.54, 1.807) is 6.07 Å². The molecule has 0 atom stereocenters. The van der Waals surface area contributed by atoms with Crippen molar-refractivity contribution in [3.05, 3.63) is 47.5 Å². The Hall–Kier alpha value is -3.28. The molecule has 0 unspecified atom stereocenters. The van der Waals surface area contributed by atoms with Crippen molar-refractivity contribution in [2.75, 3.05) is 14.2 Å². The Morgan fingerprint density at radius 3 is 1.86 bits per heavy atom. The molecule has 6 heteroatoms. The summed E-state index contributed by atoms with van der Waals surface area (Å²) in [5.41, 5.74) is 2.16. The van der Waals surface area contributed by atoms with Crippen LogP contribution < -0.4 is 9.47 Å². The van der Waals surface area contributed by atoms with Crippen LogP contribution in [0.3, 0.4) is 0 Å². The molecule has 0 bridgehead atoms. The van der Waals surface area contributed by atoms with Crippen molar-refractivity contribution in [3.63, 3.8) is 0 Å². The summed E-state index contributed by atoms with van der Waals surface area (Å²) in [6, 6.07) is 11.1. The Morgan fingerprint density at radius 1 is 0.750 bits per heavy atom. The molecule has 0 N–H and O–H groups in total. The molecule has 3 aromatic carbocycles. The van der Waals surface area contributed by atoms with Crippen molar-refractivity contribution < 1.29 is 28.5 Å². The van der Waals surface area contributed by atoms with E-state index in [0.717, 1.165) is 22.9 Å². The van der Waals surface area contributed by atoms with Crippen LogP contribution in [0.2, 0.25) is 0 Å². The maximum Gasteiger partial charge on any atom is 0.513 e. The van der Waals surface area contributed by atoms with E-state index >= 15 is 0 Å². The van der Waals surface area contributed by atoms with Crippen LogP contribution in [-0.2, 0) is 22.3 Å². The summed E-state index contributed by atoms with van der Waals surface area (Å²) in [5, 5.41) is 2.66. The minimum Gasteiger partial charge on any atom is -0.437 e. The minimum atomic E-state index is -0.814. The van der Waals surface area contributed by atoms with Gasteiger partial charge < -0.3 is 18.9 Å². The van der Waals surface area contributed by atoms with Crippen molar-refractivity contribution >= 4 is 33.9 Å². The summed E-state index contributed by atoms with van der Waals surface area (Å²) in [5.74, 6) is 0.758. The summed E-state index contributed by atoms with van der Waals surface area (Å²) in [4.78, 5) is 23.9. The number of fused-ring (bicyclic) bond motifs is 2. The van der Waals surface area contributed by atoms with Gasteiger partial charge in [0.15, 0.2) is 5.75 Å². The average Bonchev–Trinajstić information content (AvgIpc) is 2.74. The number of rotatable bonds is 4. The van der Waals surface area contributed by atoms with Crippen LogP contribution in [0, 0.1) is 0 Å². The summed E-state index contributed by atoms with van der Waals surface area (Å²) >= 11 is 0. The molecule has 0 heterocycles. The van der Waals surface area contributed by atoms with Crippen LogP contribution in [-0.4, -0.2) is 26.5 Å². The zero-order chi connectivity index (χ0) is 20.3. The lowest BCUT2D eigenvalue weighted by molar-refractivity contribution is 0.120. The molecular formula is C22H22O6. The van der Waals surface area contributed by atoms with Gasteiger partial charge in [0.2, 0.25) is 0 Å². The predicted octanol–water partition coefficient (Wildman–Crippen LogP) is 5.41. The van der Waals surface area contributed by atoms with Crippen LogP contribution in [0.5, 0.6) is 11.5 Å². The molecule has 0 radical (unpaired) electrons. The van der Waals surface area contributed by atoms with Gasteiger partial charge in [-0.15, -0.1) is 0 Å². The largest absolute Gasteiger partial charge is 0.513 e. The van der Waals surface area contributed by atoms with E-state index in [2.05, 4.69) is 6.92 Å². The first-order chi connectivity index (χ1) is 13.5. The first-order valence-electron chi connectivity index (χ1n) is 9.06. The summed E-state index contributed by atoms with van der Waals surface area (Å²) < 4.78 is 20.5. The lowest BCUT2D eigenvalue weighted by Crippen LogP contribution is -2.11. The van der Waals surface area contributed by atoms with E-state index in [1.165, 1.54) is 14.2 Å². The summed E-state index contributed by atoms with van der Waals surface area (Å²) in [6.45, 7) is 4.10. The number of ether oxygens (including phenoxy) is 4. The van der Waals surface area contributed by atoms with E-state index in [-0.39, 0.29) is 0 Å². The topological polar surface area (TPSA) is 71.1 Å². The van der Waals surface area contributed by atoms with Crippen molar-refractivity contribution in [2.45, 2.75) is 26.7 Å². The fourth-order valence-corrected chi connectivity index (χ4v) is 3.50. The standard InChI is InChI=1S/C22H22O6/c1-5-13-11-12-17-18(14(13)6-2)20(28-22(24)26-4)16-10-8-7-9-15(16)19(17)27-21(23)25-3/h7-12H,5-6H2,1-4H3. The lowest BCUT2D eigenvalue weighted by Gasteiger charge is -2.19. The molecule has 0 aliphatic carbocycles. The first kappa shape index (κ1) is 19.5. The van der Waals surface area contributed by atoms with Crippen molar-refractivity contribution in [3.8, 4) is 11.5 Å². The normalized spacial score (nSPS) is 10.7. The number of aryl methyl sites for hydroxylation is 2. The van der Waals surface area contributed by atoms with Gasteiger partial charge in [-0.3, -0.25) is 0 Å². The maximum absolute atomic E-state index is 12.0. The Kier molecular flexibility index (Phi) is 5.68. The van der Waals surface area contributed by atoms with Crippen LogP contribution in [0.25, 0.3) is 21.5 Å². The number of benzene rings is 3. The second-order valence-corrected chi connectivity index (χ2v) is 6.15. The third-order valence-electron chi connectivity index (χ3n) is 4.74. The smallest absolute Gasteiger partial charge is 0.437 e. The average molecular weight is 382 g/mol. The quantitative estimate of drug-likeness (QED) is 0.341. The van der Waals surface area contributed by atoms with E-state index in [4.69, 9.17) is 18.9 Å². The highest BCUT2D eigenvalue weighted by atomic mass is 16.7. The van der Waals surface area contributed by atoms with Crippen LogP contribution in [0.4, 0.5) is 9.59 Å². The SMILES string of the molecule is CCc1ccc2c(OC(=O)OC)c3ccccc3c(OC(=O)OC)c2c1CC. The van der Waals surface area contributed by atoms with Crippen molar-refractivity contribution in [2.24, 2.45) is 0 Å². The first-order valence-corrected chi connectivity index (χ1v) is 9.06. The van der Waals surface area contributed by atoms with Gasteiger partial charge in [0, 0.05) is 21.5 Å². The molecular weight excluding hydrogens is 360 g/mol. The van der Waals surface area contributed by atoms with Gasteiger partial charge in [-0.25, -0.2) is 9.59 Å². The Labute approximate surface area is 162 Å². The Morgan fingerprint density at radius 2 is 1.32 bits per heavy atom. The van der Waals surface area contributed by atoms with Gasteiger partial charge in [-0.2, -0.15) is 0 Å². The second kappa shape index (κ2) is 8.17. The monoisotopic (exact) mass is 382 g/mol. The van der Waals surface area contributed by atoms with E-state index in [0.29, 0.717) is 34.1 Å². The molecule has 0 aliphatic heterocycles. The number of hydrogen-bond acceptors (Lipinski definition) is 6. The van der Waals surface area contributed by atoms with Gasteiger partial charge in [0.25, 0.3) is 0 Å². The highest BCUT2D eigenvalue weighted by Crippen LogP contribution is 2.45. The van der Waals surface area contributed by atoms with Crippen molar-refractivity contribution in [1.29, 1.82) is 0 Å². The fourth-order valence-electron chi connectivity index (χ4n) is 3.50. The molecule has 0 aromatic heterocycles. The molecule has 3 rings (SSSR count). The summed E-state index contributed by atoms with van der Waals surface area (Å²) in [7, 11) is 2.52. The molecule has 28 heavy (non-hydrogen) atoms. The van der Waals surface area contributed by atoms with Crippen LogP contribution >= 0.6 is 0 Å². The minimum absolute atomic E-state index is 0.368. The predicted molar refractivity (Wildman–Crippen MR) is 106 cm³/mol. The van der Waals surface area contributed by atoms with Crippen LogP contribution in [0.1, 0.15) is 25.0 Å². The molecule has 146 valence electrons. The molecule has 0 spiro atoms.